The molecule has 0 unspecified atom stereocenters. The Morgan fingerprint density at radius 2 is 1.91 bits per heavy atom. The molecule has 0 saturated carbocycles. The average molecular weight is 304 g/mol. The third-order valence-electron chi connectivity index (χ3n) is 3.76. The summed E-state index contributed by atoms with van der Waals surface area (Å²) in [5, 5.41) is 0. The second kappa shape index (κ2) is 5.72. The molecule has 0 N–H and O–H groups in total. The largest absolute Gasteiger partial charge is 0.463 e. The van der Waals surface area contributed by atoms with Crippen molar-refractivity contribution in [2.24, 2.45) is 0 Å². The van der Waals surface area contributed by atoms with Gasteiger partial charge >= 0.3 is 0 Å². The second-order valence-electron chi connectivity index (χ2n) is 5.53. The molecule has 1 aliphatic heterocycles. The molecule has 0 saturated heterocycles. The Bertz CT molecular complexity index is 909. The van der Waals surface area contributed by atoms with Crippen LogP contribution in [0.5, 0.6) is 0 Å². The maximum Gasteiger partial charge on any atom is 0.154 e. The van der Waals surface area contributed by atoms with Crippen molar-refractivity contribution in [3.63, 3.8) is 0 Å². The molecule has 3 heterocycles. The summed E-state index contributed by atoms with van der Waals surface area (Å²) in [6.45, 7) is 2.05. The topological polar surface area (TPSA) is 48.2 Å². The number of aryl methyl sites for hydroxylation is 1. The molecule has 0 spiro atoms. The van der Waals surface area contributed by atoms with E-state index in [1.807, 2.05) is 43.3 Å². The van der Waals surface area contributed by atoms with Gasteiger partial charge < -0.3 is 9.15 Å². The number of fused-ring (bicyclic) bond motifs is 1. The first kappa shape index (κ1) is 13.8. The summed E-state index contributed by atoms with van der Waals surface area (Å²) in [5.74, 6) is 1.41. The maximum atomic E-state index is 5.74. The third-order valence-corrected chi connectivity index (χ3v) is 3.76. The van der Waals surface area contributed by atoms with Gasteiger partial charge in [0.2, 0.25) is 0 Å². The van der Waals surface area contributed by atoms with Crippen molar-refractivity contribution in [3.8, 4) is 11.5 Å². The number of benzene rings is 1. The highest BCUT2D eigenvalue weighted by atomic mass is 16.5. The summed E-state index contributed by atoms with van der Waals surface area (Å²) < 4.78 is 11.3. The van der Waals surface area contributed by atoms with Gasteiger partial charge in [-0.05, 0) is 61.7 Å². The fraction of sp³-hybridized carbons (Fsp3) is 0.158. The molecule has 4 rings (SSSR count). The lowest BCUT2D eigenvalue weighted by Crippen LogP contribution is -1.99. The highest BCUT2D eigenvalue weighted by molar-refractivity contribution is 5.82. The molecule has 2 aromatic heterocycles. The van der Waals surface area contributed by atoms with Crippen LogP contribution in [-0.2, 0) is 4.74 Å². The summed E-state index contributed by atoms with van der Waals surface area (Å²) in [7, 11) is 0. The molecule has 0 radical (unpaired) electrons. The van der Waals surface area contributed by atoms with Crippen LogP contribution < -0.4 is 0 Å². The Kier molecular flexibility index (Phi) is 3.42. The first-order valence-electron chi connectivity index (χ1n) is 7.66. The summed E-state index contributed by atoms with van der Waals surface area (Å²) >= 11 is 0. The number of ether oxygens (including phenoxy) is 1. The molecule has 4 heteroatoms. The number of nitrogens with zero attached hydrogens (tertiary/aromatic N) is 2. The lowest BCUT2D eigenvalue weighted by molar-refractivity contribution is 0.434. The van der Waals surface area contributed by atoms with E-state index in [9.17, 15) is 0 Å². The van der Waals surface area contributed by atoms with E-state index in [0.29, 0.717) is 17.1 Å². The molecule has 4 nitrogen and oxygen atoms in total. The van der Waals surface area contributed by atoms with Crippen LogP contribution >= 0.6 is 0 Å². The van der Waals surface area contributed by atoms with Crippen molar-refractivity contribution < 1.29 is 9.15 Å². The Morgan fingerprint density at radius 3 is 2.78 bits per heavy atom. The Balaban J connectivity index is 1.97. The van der Waals surface area contributed by atoms with Gasteiger partial charge in [0, 0.05) is 0 Å². The van der Waals surface area contributed by atoms with Gasteiger partial charge in [-0.1, -0.05) is 6.07 Å². The Morgan fingerprint density at radius 1 is 1.00 bits per heavy atom. The van der Waals surface area contributed by atoms with Gasteiger partial charge in [0.25, 0.3) is 0 Å². The highest BCUT2D eigenvalue weighted by Gasteiger charge is 2.18. The molecule has 3 aromatic rings. The van der Waals surface area contributed by atoms with E-state index in [1.54, 1.807) is 12.5 Å². The minimum absolute atomic E-state index is 0.688. The zero-order valence-electron chi connectivity index (χ0n) is 12.8. The molecule has 0 bridgehead atoms. The van der Waals surface area contributed by atoms with Crippen molar-refractivity contribution >= 4 is 16.8 Å². The van der Waals surface area contributed by atoms with E-state index < -0.39 is 0 Å². The molecular weight excluding hydrogens is 288 g/mol. The normalized spacial score (nSPS) is 14.4. The Hall–Kier alpha value is -2.88. The van der Waals surface area contributed by atoms with Crippen LogP contribution in [0.4, 0.5) is 0 Å². The number of hydrogen-bond acceptors (Lipinski definition) is 4. The molecule has 114 valence electrons. The average Bonchev–Trinajstić information content (AvgIpc) is 2.96. The van der Waals surface area contributed by atoms with Crippen molar-refractivity contribution in [1.29, 1.82) is 0 Å². The van der Waals surface area contributed by atoms with Crippen molar-refractivity contribution in [2.45, 2.75) is 19.8 Å². The van der Waals surface area contributed by atoms with Crippen LogP contribution in [0.15, 0.2) is 59.4 Å². The first-order chi connectivity index (χ1) is 11.3. The van der Waals surface area contributed by atoms with Crippen LogP contribution in [0.2, 0.25) is 0 Å². The Labute approximate surface area is 134 Å². The van der Waals surface area contributed by atoms with Crippen LogP contribution in [0.3, 0.4) is 0 Å². The summed E-state index contributed by atoms with van der Waals surface area (Å²) in [6, 6.07) is 9.79. The molecule has 23 heavy (non-hydrogen) atoms. The highest BCUT2D eigenvalue weighted by Crippen LogP contribution is 2.30. The van der Waals surface area contributed by atoms with Gasteiger partial charge in [0.05, 0.1) is 23.6 Å². The number of allylic oxidation sites excluding steroid dienone is 2. The molecule has 0 atom stereocenters. The third kappa shape index (κ3) is 2.63. The van der Waals surface area contributed by atoms with Gasteiger partial charge in [-0.15, -0.1) is 0 Å². The van der Waals surface area contributed by atoms with E-state index >= 15 is 0 Å². The van der Waals surface area contributed by atoms with Gasteiger partial charge in [0.1, 0.15) is 11.4 Å². The van der Waals surface area contributed by atoms with E-state index in [0.717, 1.165) is 35.2 Å². The van der Waals surface area contributed by atoms with Crippen molar-refractivity contribution in [1.82, 2.24) is 9.97 Å². The first-order valence-corrected chi connectivity index (χ1v) is 7.66. The van der Waals surface area contributed by atoms with Crippen molar-refractivity contribution in [3.05, 3.63) is 66.3 Å². The molecule has 1 aromatic carbocycles. The maximum absolute atomic E-state index is 5.74. The predicted molar refractivity (Wildman–Crippen MR) is 89.4 cm³/mol. The van der Waals surface area contributed by atoms with E-state index in [1.165, 1.54) is 0 Å². The van der Waals surface area contributed by atoms with Crippen LogP contribution in [0.1, 0.15) is 24.1 Å². The minimum atomic E-state index is 0.688. The number of rotatable bonds is 2. The second-order valence-corrected chi connectivity index (χ2v) is 5.53. The smallest absolute Gasteiger partial charge is 0.154 e. The number of aromatic nitrogens is 2. The summed E-state index contributed by atoms with van der Waals surface area (Å²) in [4.78, 5) is 9.57. The zero-order chi connectivity index (χ0) is 15.6. The molecule has 1 aliphatic rings. The number of furan rings is 1. The monoisotopic (exact) mass is 304 g/mol. The van der Waals surface area contributed by atoms with E-state index in [4.69, 9.17) is 19.1 Å². The predicted octanol–water partition coefficient (Wildman–Crippen LogP) is 4.86. The lowest BCUT2D eigenvalue weighted by atomic mass is 10.1. The van der Waals surface area contributed by atoms with Gasteiger partial charge in [-0.2, -0.15) is 0 Å². The molecule has 0 fully saturated rings. The van der Waals surface area contributed by atoms with E-state index in [-0.39, 0.29) is 0 Å². The number of hydrogen-bond donors (Lipinski definition) is 0. The van der Waals surface area contributed by atoms with Crippen molar-refractivity contribution in [2.75, 3.05) is 0 Å². The van der Waals surface area contributed by atoms with Gasteiger partial charge in [-0.25, -0.2) is 9.97 Å². The van der Waals surface area contributed by atoms with Crippen LogP contribution in [0, 0.1) is 6.92 Å². The SMILES string of the molecule is Cc1ccc2nc(-c3ccco3)c(C3=CCCC=CO3)nc2c1. The molecular formula is C19H16N2O2. The summed E-state index contributed by atoms with van der Waals surface area (Å²) in [6.07, 6.45) is 9.29. The van der Waals surface area contributed by atoms with Crippen LogP contribution in [-0.4, -0.2) is 9.97 Å². The molecule has 0 amide bonds. The fourth-order valence-electron chi connectivity index (χ4n) is 2.62. The quantitative estimate of drug-likeness (QED) is 0.678. The molecule has 0 aliphatic carbocycles. The van der Waals surface area contributed by atoms with E-state index in [2.05, 4.69) is 6.08 Å². The summed E-state index contributed by atoms with van der Waals surface area (Å²) in [5.41, 5.74) is 4.26. The van der Waals surface area contributed by atoms with Gasteiger partial charge in [0.15, 0.2) is 11.5 Å². The lowest BCUT2D eigenvalue weighted by Gasteiger charge is -2.11. The fourth-order valence-corrected chi connectivity index (χ4v) is 2.62. The minimum Gasteiger partial charge on any atom is -0.463 e. The van der Waals surface area contributed by atoms with Crippen LogP contribution in [0.25, 0.3) is 28.2 Å². The standard InChI is InChI=1S/C19H16N2O2/c1-13-8-9-14-15(12-13)21-19(16-6-3-2-4-10-22-16)18(20-14)17-7-5-11-23-17/h4-12H,2-3H2,1H3. The van der Waals surface area contributed by atoms with Gasteiger partial charge in [-0.3, -0.25) is 0 Å². The zero-order valence-corrected chi connectivity index (χ0v) is 12.8.